The monoisotopic (exact) mass is 122 g/mol. The Morgan fingerprint density at radius 3 is 2.89 bits per heavy atom. The van der Waals surface area contributed by atoms with Crippen LogP contribution in [-0.2, 0) is 0 Å². The van der Waals surface area contributed by atoms with Crippen LogP contribution in [0.2, 0.25) is 0 Å². The molecule has 0 radical (unpaired) electrons. The average molecular weight is 122 g/mol. The Kier molecular flexibility index (Phi) is 0.870. The van der Waals surface area contributed by atoms with Crippen molar-refractivity contribution >= 4 is 0 Å². The van der Waals surface area contributed by atoms with Crippen LogP contribution >= 0.6 is 0 Å². The Morgan fingerprint density at radius 1 is 1.78 bits per heavy atom. The van der Waals surface area contributed by atoms with E-state index in [1.165, 1.54) is 19.3 Å². The molecule has 0 heterocycles. The fourth-order valence-corrected chi connectivity index (χ4v) is 2.04. The maximum absolute atomic E-state index is 2.51. The van der Waals surface area contributed by atoms with Crippen LogP contribution in [0.3, 0.4) is 0 Å². The zero-order chi connectivity index (χ0) is 6.48. The van der Waals surface area contributed by atoms with Gasteiger partial charge in [0, 0.05) is 0 Å². The molecule has 0 saturated heterocycles. The molecule has 0 amide bonds. The summed E-state index contributed by atoms with van der Waals surface area (Å²) in [5.41, 5.74) is 2.37. The van der Waals surface area contributed by atoms with Crippen LogP contribution < -0.4 is 0 Å². The first-order valence-electron chi connectivity index (χ1n) is 3.95. The molecule has 1 fully saturated rings. The van der Waals surface area contributed by atoms with Crippen LogP contribution in [0.15, 0.2) is 11.6 Å². The SMILES string of the molecule is CCC1=CC2(C)CC2C1. The lowest BCUT2D eigenvalue weighted by molar-refractivity contribution is 0.669. The van der Waals surface area contributed by atoms with Crippen LogP contribution in [0.1, 0.15) is 33.1 Å². The van der Waals surface area contributed by atoms with Crippen molar-refractivity contribution < 1.29 is 0 Å². The largest absolute Gasteiger partial charge is 0.0791 e. The summed E-state index contributed by atoms with van der Waals surface area (Å²) in [7, 11) is 0. The minimum atomic E-state index is 0.672. The van der Waals surface area contributed by atoms with E-state index in [0.29, 0.717) is 5.41 Å². The van der Waals surface area contributed by atoms with Gasteiger partial charge in [0.25, 0.3) is 0 Å². The first-order chi connectivity index (χ1) is 4.24. The van der Waals surface area contributed by atoms with Crippen LogP contribution in [0.5, 0.6) is 0 Å². The first-order valence-corrected chi connectivity index (χ1v) is 3.95. The van der Waals surface area contributed by atoms with E-state index in [-0.39, 0.29) is 0 Å². The smallest absolute Gasteiger partial charge is 0.0109 e. The van der Waals surface area contributed by atoms with Crippen molar-refractivity contribution in [2.75, 3.05) is 0 Å². The Hall–Kier alpha value is -0.260. The summed E-state index contributed by atoms with van der Waals surface area (Å²) in [4.78, 5) is 0. The molecule has 2 rings (SSSR count). The van der Waals surface area contributed by atoms with Crippen molar-refractivity contribution in [3.8, 4) is 0 Å². The second-order valence-corrected chi connectivity index (χ2v) is 3.77. The third kappa shape index (κ3) is 0.654. The number of hydrogen-bond acceptors (Lipinski definition) is 0. The van der Waals surface area contributed by atoms with Gasteiger partial charge in [-0.2, -0.15) is 0 Å². The van der Waals surface area contributed by atoms with Crippen LogP contribution in [0, 0.1) is 11.3 Å². The predicted molar refractivity (Wildman–Crippen MR) is 39.2 cm³/mol. The fourth-order valence-electron chi connectivity index (χ4n) is 2.04. The molecule has 2 atom stereocenters. The quantitative estimate of drug-likeness (QED) is 0.469. The summed E-state index contributed by atoms with van der Waals surface area (Å²) >= 11 is 0. The third-order valence-corrected chi connectivity index (χ3v) is 2.96. The van der Waals surface area contributed by atoms with Gasteiger partial charge in [0.2, 0.25) is 0 Å². The lowest BCUT2D eigenvalue weighted by atomic mass is 10.1. The van der Waals surface area contributed by atoms with E-state index in [1.54, 1.807) is 5.57 Å². The molecule has 0 aliphatic heterocycles. The fraction of sp³-hybridized carbons (Fsp3) is 0.778. The van der Waals surface area contributed by atoms with Crippen LogP contribution in [0.4, 0.5) is 0 Å². The summed E-state index contributed by atoms with van der Waals surface area (Å²) in [6.45, 7) is 4.65. The Bertz CT molecular complexity index is 167. The van der Waals surface area contributed by atoms with Gasteiger partial charge in [0.1, 0.15) is 0 Å². The summed E-state index contributed by atoms with van der Waals surface area (Å²) in [6.07, 6.45) is 6.67. The molecule has 50 valence electrons. The molecule has 2 unspecified atom stereocenters. The van der Waals surface area contributed by atoms with Gasteiger partial charge in [-0.25, -0.2) is 0 Å². The van der Waals surface area contributed by atoms with E-state index in [0.717, 1.165) is 5.92 Å². The highest BCUT2D eigenvalue weighted by Crippen LogP contribution is 2.61. The minimum absolute atomic E-state index is 0.672. The summed E-state index contributed by atoms with van der Waals surface area (Å²) in [5, 5.41) is 0. The molecule has 0 nitrogen and oxygen atoms in total. The van der Waals surface area contributed by atoms with Gasteiger partial charge in [-0.05, 0) is 30.6 Å². The highest BCUT2D eigenvalue weighted by Gasteiger charge is 2.51. The molecule has 9 heavy (non-hydrogen) atoms. The van der Waals surface area contributed by atoms with Gasteiger partial charge in [-0.15, -0.1) is 0 Å². The molecular weight excluding hydrogens is 108 g/mol. The molecule has 0 spiro atoms. The maximum atomic E-state index is 2.51. The van der Waals surface area contributed by atoms with Crippen LogP contribution in [0.25, 0.3) is 0 Å². The van der Waals surface area contributed by atoms with Gasteiger partial charge in [0.05, 0.1) is 0 Å². The summed E-state index contributed by atoms with van der Waals surface area (Å²) < 4.78 is 0. The first kappa shape index (κ1) is 5.52. The minimum Gasteiger partial charge on any atom is -0.0791 e. The molecule has 0 aromatic carbocycles. The maximum Gasteiger partial charge on any atom is -0.0109 e. The van der Waals surface area contributed by atoms with Crippen molar-refractivity contribution in [2.24, 2.45) is 11.3 Å². The molecule has 0 heteroatoms. The van der Waals surface area contributed by atoms with E-state index < -0.39 is 0 Å². The normalized spacial score (nSPS) is 46.4. The van der Waals surface area contributed by atoms with Gasteiger partial charge >= 0.3 is 0 Å². The van der Waals surface area contributed by atoms with Crippen molar-refractivity contribution in [3.05, 3.63) is 11.6 Å². The average Bonchev–Trinajstić information content (AvgIpc) is 2.33. The van der Waals surface area contributed by atoms with E-state index in [9.17, 15) is 0 Å². The molecule has 1 saturated carbocycles. The van der Waals surface area contributed by atoms with E-state index >= 15 is 0 Å². The van der Waals surface area contributed by atoms with Crippen molar-refractivity contribution in [3.63, 3.8) is 0 Å². The number of allylic oxidation sites excluding steroid dienone is 2. The lowest BCUT2D eigenvalue weighted by Crippen LogP contribution is -1.83. The molecular formula is C9H14. The third-order valence-electron chi connectivity index (χ3n) is 2.96. The zero-order valence-electron chi connectivity index (χ0n) is 6.28. The zero-order valence-corrected chi connectivity index (χ0v) is 6.28. The number of rotatable bonds is 1. The highest BCUT2D eigenvalue weighted by atomic mass is 14.6. The molecule has 2 aliphatic carbocycles. The Balaban J connectivity index is 2.16. The predicted octanol–water partition coefficient (Wildman–Crippen LogP) is 2.75. The standard InChI is InChI=1S/C9H14/c1-3-7-4-8-6-9(8,2)5-7/h5,8H,3-4,6H2,1-2H3. The Morgan fingerprint density at radius 2 is 2.56 bits per heavy atom. The number of fused-ring (bicyclic) bond motifs is 1. The van der Waals surface area contributed by atoms with Gasteiger partial charge in [0.15, 0.2) is 0 Å². The van der Waals surface area contributed by atoms with Crippen molar-refractivity contribution in [2.45, 2.75) is 33.1 Å². The highest BCUT2D eigenvalue weighted by molar-refractivity contribution is 5.27. The van der Waals surface area contributed by atoms with Crippen LogP contribution in [-0.4, -0.2) is 0 Å². The molecule has 0 aromatic heterocycles. The second-order valence-electron chi connectivity index (χ2n) is 3.77. The van der Waals surface area contributed by atoms with E-state index in [2.05, 4.69) is 19.9 Å². The van der Waals surface area contributed by atoms with Crippen molar-refractivity contribution in [1.29, 1.82) is 0 Å². The summed E-state index contributed by atoms with van der Waals surface area (Å²) in [6, 6.07) is 0. The van der Waals surface area contributed by atoms with E-state index in [1.807, 2.05) is 0 Å². The van der Waals surface area contributed by atoms with Gasteiger partial charge < -0.3 is 0 Å². The topological polar surface area (TPSA) is 0 Å². The summed E-state index contributed by atoms with van der Waals surface area (Å²) in [5.74, 6) is 1.05. The van der Waals surface area contributed by atoms with Crippen molar-refractivity contribution in [1.82, 2.24) is 0 Å². The lowest BCUT2D eigenvalue weighted by Gasteiger charge is -1.96. The van der Waals surface area contributed by atoms with Gasteiger partial charge in [-0.1, -0.05) is 25.5 Å². The van der Waals surface area contributed by atoms with E-state index in [4.69, 9.17) is 0 Å². The van der Waals surface area contributed by atoms with Gasteiger partial charge in [-0.3, -0.25) is 0 Å². The molecule has 0 aromatic rings. The number of hydrogen-bond donors (Lipinski definition) is 0. The Labute approximate surface area is 57.0 Å². The second kappa shape index (κ2) is 1.42. The molecule has 0 bridgehead atoms. The molecule has 0 N–H and O–H groups in total. The molecule has 2 aliphatic rings.